The molecule has 0 unspecified atom stereocenters. The number of rotatable bonds is 6. The van der Waals surface area contributed by atoms with Gasteiger partial charge in [-0.1, -0.05) is 13.8 Å². The molecule has 2 aliphatic rings. The van der Waals surface area contributed by atoms with Crippen LogP contribution in [0.3, 0.4) is 0 Å². The number of benzene rings is 1. The molecule has 0 spiro atoms. The van der Waals surface area contributed by atoms with Gasteiger partial charge in [-0.25, -0.2) is 21.6 Å². The van der Waals surface area contributed by atoms with E-state index in [1.54, 1.807) is 0 Å². The van der Waals surface area contributed by atoms with Crippen LogP contribution in [-0.4, -0.2) is 34.3 Å². The lowest BCUT2D eigenvalue weighted by molar-refractivity contribution is -0.128. The smallest absolute Gasteiger partial charge is 0.264 e. The van der Waals surface area contributed by atoms with Crippen LogP contribution in [0.5, 0.6) is 0 Å². The number of amides is 1. The quantitative estimate of drug-likeness (QED) is 0.709. The summed E-state index contributed by atoms with van der Waals surface area (Å²) in [6, 6.07) is 5.03. The molecule has 2 saturated carbocycles. The van der Waals surface area contributed by atoms with Gasteiger partial charge in [0.1, 0.15) is 5.78 Å². The number of sulfonamides is 2. The highest BCUT2D eigenvalue weighted by Crippen LogP contribution is 2.64. The first-order valence-electron chi connectivity index (χ1n) is 8.96. The van der Waals surface area contributed by atoms with Gasteiger partial charge in [-0.3, -0.25) is 14.3 Å². The first-order chi connectivity index (χ1) is 12.8. The molecule has 0 heterocycles. The molecule has 0 aliphatic heterocycles. The summed E-state index contributed by atoms with van der Waals surface area (Å²) in [6.07, 6.45) is 1.85. The lowest BCUT2D eigenvalue weighted by Gasteiger charge is -2.36. The Hall–Kier alpha value is -1.94. The fraction of sp³-hybridized carbons (Fsp3) is 0.556. The maximum atomic E-state index is 12.8. The van der Waals surface area contributed by atoms with Crippen LogP contribution in [0.25, 0.3) is 0 Å². The maximum absolute atomic E-state index is 12.8. The van der Waals surface area contributed by atoms with E-state index in [2.05, 4.69) is 4.72 Å². The highest BCUT2D eigenvalue weighted by molar-refractivity contribution is 7.92. The van der Waals surface area contributed by atoms with E-state index in [0.29, 0.717) is 12.8 Å². The molecular formula is C18H24N2O6S2. The molecule has 2 bridgehead atoms. The van der Waals surface area contributed by atoms with Crippen LogP contribution in [0.1, 0.15) is 40.0 Å². The summed E-state index contributed by atoms with van der Waals surface area (Å²) in [5.41, 5.74) is -1.05. The van der Waals surface area contributed by atoms with Gasteiger partial charge < -0.3 is 0 Å². The molecule has 28 heavy (non-hydrogen) atoms. The summed E-state index contributed by atoms with van der Waals surface area (Å²) >= 11 is 0. The SMILES string of the molecule is CC(=O)NS(=O)(=O)c1ccc(NS(=O)(=O)C[C@@]23CC[C@H](CC2=O)C3(C)C)cc1. The third-order valence-electron chi connectivity index (χ3n) is 6.29. The van der Waals surface area contributed by atoms with Gasteiger partial charge in [0, 0.05) is 19.0 Å². The van der Waals surface area contributed by atoms with Crippen molar-refractivity contribution < 1.29 is 26.4 Å². The zero-order valence-electron chi connectivity index (χ0n) is 16.0. The Labute approximate surface area is 165 Å². The Kier molecular flexibility index (Phi) is 4.86. The Morgan fingerprint density at radius 3 is 2.21 bits per heavy atom. The number of anilines is 1. The molecule has 2 N–H and O–H groups in total. The van der Waals surface area contributed by atoms with E-state index in [4.69, 9.17) is 0 Å². The monoisotopic (exact) mass is 428 g/mol. The van der Waals surface area contributed by atoms with Gasteiger partial charge in [0.2, 0.25) is 15.9 Å². The predicted octanol–water partition coefficient (Wildman–Crippen LogP) is 1.65. The first kappa shape index (κ1) is 20.8. The van der Waals surface area contributed by atoms with Gasteiger partial charge in [0.25, 0.3) is 10.0 Å². The molecule has 8 nitrogen and oxygen atoms in total. The molecule has 0 saturated heterocycles. The van der Waals surface area contributed by atoms with Crippen molar-refractivity contribution in [1.29, 1.82) is 0 Å². The van der Waals surface area contributed by atoms with Crippen LogP contribution in [0.15, 0.2) is 29.2 Å². The number of hydrogen-bond donors (Lipinski definition) is 2. The second kappa shape index (κ2) is 6.55. The third kappa shape index (κ3) is 3.43. The summed E-state index contributed by atoms with van der Waals surface area (Å²) in [6.45, 7) is 5.01. The lowest BCUT2D eigenvalue weighted by Crippen LogP contribution is -2.43. The van der Waals surface area contributed by atoms with Crippen LogP contribution in [0.4, 0.5) is 5.69 Å². The molecule has 154 valence electrons. The van der Waals surface area contributed by atoms with Crippen molar-refractivity contribution >= 4 is 37.4 Å². The lowest BCUT2D eigenvalue weighted by atomic mass is 9.70. The Balaban J connectivity index is 1.78. The second-order valence-corrected chi connectivity index (χ2v) is 11.6. The molecule has 0 radical (unpaired) electrons. The van der Waals surface area contributed by atoms with Gasteiger partial charge in [0.05, 0.1) is 16.1 Å². The fourth-order valence-corrected chi connectivity index (χ4v) is 7.48. The molecule has 3 rings (SSSR count). The topological polar surface area (TPSA) is 126 Å². The Morgan fingerprint density at radius 1 is 1.14 bits per heavy atom. The average molecular weight is 429 g/mol. The highest BCUT2D eigenvalue weighted by atomic mass is 32.2. The van der Waals surface area contributed by atoms with Crippen molar-refractivity contribution in [3.63, 3.8) is 0 Å². The molecule has 1 aromatic carbocycles. The maximum Gasteiger partial charge on any atom is 0.264 e. The number of Topliss-reactive ketones (excluding diaryl/α,β-unsaturated/α-hetero) is 1. The average Bonchev–Trinajstić information content (AvgIpc) is 2.87. The van der Waals surface area contributed by atoms with Crippen LogP contribution in [-0.2, 0) is 29.6 Å². The zero-order chi connectivity index (χ0) is 21.0. The Bertz CT molecular complexity index is 1030. The molecule has 1 amide bonds. The van der Waals surface area contributed by atoms with Crippen molar-refractivity contribution in [3.05, 3.63) is 24.3 Å². The van der Waals surface area contributed by atoms with Crippen LogP contribution >= 0.6 is 0 Å². The van der Waals surface area contributed by atoms with Crippen LogP contribution in [0.2, 0.25) is 0 Å². The normalized spacial score (nSPS) is 26.2. The largest absolute Gasteiger partial charge is 0.299 e. The predicted molar refractivity (Wildman–Crippen MR) is 103 cm³/mol. The van der Waals surface area contributed by atoms with Crippen molar-refractivity contribution in [2.75, 3.05) is 10.5 Å². The van der Waals surface area contributed by atoms with Gasteiger partial charge in [0.15, 0.2) is 0 Å². The van der Waals surface area contributed by atoms with Crippen molar-refractivity contribution in [3.8, 4) is 0 Å². The molecule has 2 fully saturated rings. The standard InChI is InChI=1S/C18H24N2O6S2/c1-12(21)19-28(25,26)15-6-4-14(5-7-15)20-27(23,24)11-18-9-8-13(10-16(18)22)17(18,2)3/h4-7,13,20H,8-11H2,1-3H3,(H,19,21)/t13-,18+/m1/s1. The summed E-state index contributed by atoms with van der Waals surface area (Å²) < 4.78 is 53.7. The number of hydrogen-bond acceptors (Lipinski definition) is 6. The molecule has 2 atom stereocenters. The minimum absolute atomic E-state index is 0.0101. The number of carbonyl (C=O) groups excluding carboxylic acids is 2. The van der Waals surface area contributed by atoms with Crippen molar-refractivity contribution in [1.82, 2.24) is 4.72 Å². The van der Waals surface area contributed by atoms with E-state index < -0.39 is 31.4 Å². The van der Waals surface area contributed by atoms with Crippen LogP contribution in [0, 0.1) is 16.7 Å². The number of nitrogens with one attached hydrogen (secondary N) is 2. The van der Waals surface area contributed by atoms with Gasteiger partial charge >= 0.3 is 0 Å². The Morgan fingerprint density at radius 2 is 1.75 bits per heavy atom. The van der Waals surface area contributed by atoms with Gasteiger partial charge in [-0.15, -0.1) is 0 Å². The molecule has 1 aromatic rings. The molecule has 2 aliphatic carbocycles. The highest BCUT2D eigenvalue weighted by Gasteiger charge is 2.65. The molecular weight excluding hydrogens is 404 g/mol. The molecule has 0 aromatic heterocycles. The van der Waals surface area contributed by atoms with Gasteiger partial charge in [-0.05, 0) is 48.4 Å². The summed E-state index contributed by atoms with van der Waals surface area (Å²) in [5, 5.41) is 0. The minimum atomic E-state index is -3.99. The number of ketones is 1. The third-order valence-corrected chi connectivity index (χ3v) is 9.16. The van der Waals surface area contributed by atoms with E-state index >= 15 is 0 Å². The first-order valence-corrected chi connectivity index (χ1v) is 12.1. The second-order valence-electron chi connectivity index (χ2n) is 8.21. The van der Waals surface area contributed by atoms with E-state index in [9.17, 15) is 26.4 Å². The summed E-state index contributed by atoms with van der Waals surface area (Å²) in [5.74, 6) is -0.777. The van der Waals surface area contributed by atoms with E-state index in [-0.39, 0.29) is 33.5 Å². The molecule has 10 heteroatoms. The van der Waals surface area contributed by atoms with E-state index in [1.807, 2.05) is 18.6 Å². The minimum Gasteiger partial charge on any atom is -0.299 e. The van der Waals surface area contributed by atoms with E-state index in [1.165, 1.54) is 24.3 Å². The number of fused-ring (bicyclic) bond motifs is 2. The zero-order valence-corrected chi connectivity index (χ0v) is 17.6. The summed E-state index contributed by atoms with van der Waals surface area (Å²) in [7, 11) is -7.81. The number of carbonyl (C=O) groups is 2. The van der Waals surface area contributed by atoms with Crippen LogP contribution < -0.4 is 9.44 Å². The fourth-order valence-electron chi connectivity index (χ4n) is 4.60. The van der Waals surface area contributed by atoms with Gasteiger partial charge in [-0.2, -0.15) is 0 Å². The van der Waals surface area contributed by atoms with Crippen molar-refractivity contribution in [2.24, 2.45) is 16.7 Å². The van der Waals surface area contributed by atoms with E-state index in [0.717, 1.165) is 13.3 Å². The summed E-state index contributed by atoms with van der Waals surface area (Å²) in [4.78, 5) is 23.4. The van der Waals surface area contributed by atoms with Crippen molar-refractivity contribution in [2.45, 2.75) is 44.9 Å².